The summed E-state index contributed by atoms with van der Waals surface area (Å²) in [6, 6.07) is 14.6. The quantitative estimate of drug-likeness (QED) is 0.434. The van der Waals surface area contributed by atoms with E-state index in [0.29, 0.717) is 16.9 Å². The van der Waals surface area contributed by atoms with Gasteiger partial charge in [-0.25, -0.2) is 5.43 Å². The van der Waals surface area contributed by atoms with Gasteiger partial charge >= 0.3 is 6.18 Å². The summed E-state index contributed by atoms with van der Waals surface area (Å²) in [5, 5.41) is 3.79. The Labute approximate surface area is 160 Å². The summed E-state index contributed by atoms with van der Waals surface area (Å²) in [5.41, 5.74) is 2.32. The number of carbonyl (C=O) groups is 1. The Balaban J connectivity index is 1.68. The van der Waals surface area contributed by atoms with E-state index in [9.17, 15) is 18.0 Å². The van der Waals surface area contributed by atoms with Crippen LogP contribution < -0.4 is 5.43 Å². The van der Waals surface area contributed by atoms with E-state index in [1.165, 1.54) is 24.4 Å². The summed E-state index contributed by atoms with van der Waals surface area (Å²) in [6.45, 7) is 0. The number of hydrogen-bond donors (Lipinski definition) is 1. The van der Waals surface area contributed by atoms with Gasteiger partial charge in [0, 0.05) is 15.6 Å². The fourth-order valence-corrected chi connectivity index (χ4v) is 2.51. The second-order valence-corrected chi connectivity index (χ2v) is 6.40. The second-order valence-electron chi connectivity index (χ2n) is 5.49. The third kappa shape index (κ3) is 4.85. The maximum Gasteiger partial charge on any atom is 0.416 e. The molecule has 0 aliphatic rings. The van der Waals surface area contributed by atoms with Gasteiger partial charge < -0.3 is 4.42 Å². The van der Waals surface area contributed by atoms with Crippen LogP contribution in [0.25, 0.3) is 11.3 Å². The Kier molecular flexibility index (Phi) is 5.46. The monoisotopic (exact) mass is 436 g/mol. The van der Waals surface area contributed by atoms with Crippen molar-refractivity contribution < 1.29 is 22.4 Å². The lowest BCUT2D eigenvalue weighted by atomic mass is 10.1. The van der Waals surface area contributed by atoms with E-state index in [4.69, 9.17) is 4.42 Å². The number of hydrogen-bond acceptors (Lipinski definition) is 3. The van der Waals surface area contributed by atoms with Crippen LogP contribution in [0.2, 0.25) is 0 Å². The number of amides is 1. The minimum atomic E-state index is -4.43. The number of furan rings is 1. The zero-order valence-corrected chi connectivity index (χ0v) is 15.2. The minimum Gasteiger partial charge on any atom is -0.455 e. The highest BCUT2D eigenvalue weighted by Crippen LogP contribution is 2.32. The molecule has 138 valence electrons. The van der Waals surface area contributed by atoms with E-state index in [-0.39, 0.29) is 5.76 Å². The first kappa shape index (κ1) is 18.9. The highest BCUT2D eigenvalue weighted by atomic mass is 79.9. The molecule has 1 heterocycles. The molecule has 8 heteroatoms. The molecule has 1 aromatic heterocycles. The lowest BCUT2D eigenvalue weighted by molar-refractivity contribution is -0.137. The zero-order chi connectivity index (χ0) is 19.4. The Morgan fingerprint density at radius 2 is 1.81 bits per heavy atom. The van der Waals surface area contributed by atoms with Crippen molar-refractivity contribution in [2.45, 2.75) is 6.18 Å². The van der Waals surface area contributed by atoms with Crippen molar-refractivity contribution >= 4 is 28.1 Å². The summed E-state index contributed by atoms with van der Waals surface area (Å²) in [4.78, 5) is 11.9. The number of nitrogens with one attached hydrogen (secondary N) is 1. The Hall–Kier alpha value is -2.87. The third-order valence-corrected chi connectivity index (χ3v) is 4.09. The molecule has 3 rings (SSSR count). The predicted molar refractivity (Wildman–Crippen MR) is 98.3 cm³/mol. The van der Waals surface area contributed by atoms with Crippen molar-refractivity contribution in [3.8, 4) is 11.3 Å². The largest absolute Gasteiger partial charge is 0.455 e. The standard InChI is InChI=1S/C19H12BrF3N2O2/c20-15-6-4-12(5-7-15)18(26)25-24-11-16-8-9-17(27-16)13-2-1-3-14(10-13)19(21,22)23/h1-11H,(H,25,26)/b24-11+. The molecule has 27 heavy (non-hydrogen) atoms. The molecule has 0 spiro atoms. The molecule has 0 radical (unpaired) electrons. The second kappa shape index (κ2) is 7.79. The molecule has 0 saturated heterocycles. The van der Waals surface area contributed by atoms with E-state index in [0.717, 1.165) is 16.6 Å². The lowest BCUT2D eigenvalue weighted by Gasteiger charge is -2.07. The molecule has 2 aromatic carbocycles. The fourth-order valence-electron chi connectivity index (χ4n) is 2.25. The van der Waals surface area contributed by atoms with Gasteiger partial charge in [-0.15, -0.1) is 0 Å². The smallest absolute Gasteiger partial charge is 0.416 e. The average molecular weight is 437 g/mol. The van der Waals surface area contributed by atoms with Crippen LogP contribution in [0.5, 0.6) is 0 Å². The molecule has 0 aliphatic carbocycles. The van der Waals surface area contributed by atoms with Gasteiger partial charge in [0.1, 0.15) is 11.5 Å². The van der Waals surface area contributed by atoms with Crippen molar-refractivity contribution in [3.63, 3.8) is 0 Å². The van der Waals surface area contributed by atoms with Crippen molar-refractivity contribution in [2.75, 3.05) is 0 Å². The number of rotatable bonds is 4. The molecule has 0 fully saturated rings. The van der Waals surface area contributed by atoms with Crippen molar-refractivity contribution in [1.29, 1.82) is 0 Å². The molecule has 0 aliphatic heterocycles. The van der Waals surface area contributed by atoms with Crippen LogP contribution >= 0.6 is 15.9 Å². The van der Waals surface area contributed by atoms with E-state index in [1.54, 1.807) is 30.3 Å². The van der Waals surface area contributed by atoms with Crippen LogP contribution in [0.3, 0.4) is 0 Å². The highest BCUT2D eigenvalue weighted by Gasteiger charge is 2.30. The minimum absolute atomic E-state index is 0.266. The van der Waals surface area contributed by atoms with Crippen LogP contribution in [0.4, 0.5) is 13.2 Å². The van der Waals surface area contributed by atoms with Crippen molar-refractivity contribution in [3.05, 3.63) is 82.0 Å². The maximum absolute atomic E-state index is 12.8. The van der Waals surface area contributed by atoms with Crippen LogP contribution in [0.1, 0.15) is 21.7 Å². The van der Waals surface area contributed by atoms with E-state index in [2.05, 4.69) is 26.5 Å². The summed E-state index contributed by atoms with van der Waals surface area (Å²) < 4.78 is 44.7. The van der Waals surface area contributed by atoms with E-state index >= 15 is 0 Å². The molecule has 3 aromatic rings. The first-order valence-electron chi connectivity index (χ1n) is 7.69. The summed E-state index contributed by atoms with van der Waals surface area (Å²) >= 11 is 3.28. The van der Waals surface area contributed by atoms with Crippen LogP contribution in [-0.4, -0.2) is 12.1 Å². The maximum atomic E-state index is 12.8. The first-order chi connectivity index (χ1) is 12.8. The number of benzene rings is 2. The normalized spacial score (nSPS) is 11.7. The first-order valence-corrected chi connectivity index (χ1v) is 8.49. The van der Waals surface area contributed by atoms with Crippen molar-refractivity contribution in [2.24, 2.45) is 5.10 Å². The van der Waals surface area contributed by atoms with E-state index in [1.807, 2.05) is 0 Å². The molecule has 4 nitrogen and oxygen atoms in total. The molecular weight excluding hydrogens is 425 g/mol. The van der Waals surface area contributed by atoms with Gasteiger partial charge in [0.25, 0.3) is 5.91 Å². The Bertz CT molecular complexity index is 979. The third-order valence-electron chi connectivity index (χ3n) is 3.57. The van der Waals surface area contributed by atoms with Gasteiger partial charge in [-0.05, 0) is 48.5 Å². The van der Waals surface area contributed by atoms with E-state index < -0.39 is 17.6 Å². The molecule has 0 bridgehead atoms. The number of halogens is 4. The highest BCUT2D eigenvalue weighted by molar-refractivity contribution is 9.10. The van der Waals surface area contributed by atoms with Crippen LogP contribution in [0.15, 0.2) is 74.7 Å². The average Bonchev–Trinajstić information content (AvgIpc) is 3.10. The van der Waals surface area contributed by atoms with Crippen molar-refractivity contribution in [1.82, 2.24) is 5.43 Å². The van der Waals surface area contributed by atoms with Gasteiger partial charge in [-0.1, -0.05) is 28.1 Å². The molecule has 0 unspecified atom stereocenters. The Morgan fingerprint density at radius 1 is 1.07 bits per heavy atom. The zero-order valence-electron chi connectivity index (χ0n) is 13.6. The fraction of sp³-hybridized carbons (Fsp3) is 0.0526. The van der Waals surface area contributed by atoms with Gasteiger partial charge in [-0.2, -0.15) is 18.3 Å². The summed E-state index contributed by atoms with van der Waals surface area (Å²) in [7, 11) is 0. The van der Waals surface area contributed by atoms with Gasteiger partial charge in [-0.3, -0.25) is 4.79 Å². The predicted octanol–water partition coefficient (Wildman–Crippen LogP) is 5.49. The lowest BCUT2D eigenvalue weighted by Crippen LogP contribution is -2.17. The summed E-state index contributed by atoms with van der Waals surface area (Å²) in [6.07, 6.45) is -3.15. The molecule has 0 atom stereocenters. The molecular formula is C19H12BrF3N2O2. The Morgan fingerprint density at radius 3 is 2.52 bits per heavy atom. The van der Waals surface area contributed by atoms with Crippen LogP contribution in [-0.2, 0) is 6.18 Å². The number of hydrazone groups is 1. The summed E-state index contributed by atoms with van der Waals surface area (Å²) in [5.74, 6) is 0.156. The van der Waals surface area contributed by atoms with Gasteiger partial charge in [0.15, 0.2) is 0 Å². The molecule has 0 saturated carbocycles. The topological polar surface area (TPSA) is 54.6 Å². The molecule has 1 N–H and O–H groups in total. The number of nitrogens with zero attached hydrogens (tertiary/aromatic N) is 1. The number of alkyl halides is 3. The number of carbonyl (C=O) groups excluding carboxylic acids is 1. The van der Waals surface area contributed by atoms with Gasteiger partial charge in [0.05, 0.1) is 11.8 Å². The molecule has 1 amide bonds. The van der Waals surface area contributed by atoms with Gasteiger partial charge in [0.2, 0.25) is 0 Å². The van der Waals surface area contributed by atoms with Crippen LogP contribution in [0, 0.1) is 0 Å². The SMILES string of the molecule is O=C(N/N=C/c1ccc(-c2cccc(C(F)(F)F)c2)o1)c1ccc(Br)cc1.